The number of aromatic nitrogens is 1. The zero-order valence-corrected chi connectivity index (χ0v) is 18.9. The number of H-pyrrole nitrogens is 1. The Morgan fingerprint density at radius 2 is 1.61 bits per heavy atom. The van der Waals surface area contributed by atoms with Gasteiger partial charge in [-0.3, -0.25) is 4.79 Å². The Morgan fingerprint density at radius 1 is 0.939 bits per heavy atom. The van der Waals surface area contributed by atoms with Crippen molar-refractivity contribution in [3.05, 3.63) is 71.9 Å². The van der Waals surface area contributed by atoms with Gasteiger partial charge in [0.1, 0.15) is 17.7 Å². The van der Waals surface area contributed by atoms with Crippen molar-refractivity contribution in [3.63, 3.8) is 0 Å². The third-order valence-electron chi connectivity index (χ3n) is 5.00. The summed E-state index contributed by atoms with van der Waals surface area (Å²) in [6.07, 6.45) is 1.30. The van der Waals surface area contributed by atoms with E-state index in [1.165, 1.54) is 0 Å². The zero-order valence-electron chi connectivity index (χ0n) is 18.9. The highest BCUT2D eigenvalue weighted by Gasteiger charge is 2.29. The third-order valence-corrected chi connectivity index (χ3v) is 5.00. The van der Waals surface area contributed by atoms with Crippen LogP contribution in [0.3, 0.4) is 0 Å². The lowest BCUT2D eigenvalue weighted by Gasteiger charge is -2.24. The Morgan fingerprint density at radius 3 is 2.27 bits per heavy atom. The van der Waals surface area contributed by atoms with Gasteiger partial charge in [0, 0.05) is 29.9 Å². The lowest BCUT2D eigenvalue weighted by molar-refractivity contribution is -0.142. The number of benzene rings is 2. The van der Waals surface area contributed by atoms with Crippen LogP contribution < -0.4 is 10.6 Å². The molecule has 0 bridgehead atoms. The topological polar surface area (TPSA) is 121 Å². The highest BCUT2D eigenvalue weighted by molar-refractivity contribution is 5.91. The van der Waals surface area contributed by atoms with Crippen LogP contribution in [0.15, 0.2) is 60.8 Å². The van der Waals surface area contributed by atoms with Crippen LogP contribution in [0.4, 0.5) is 4.79 Å². The number of para-hydroxylation sites is 1. The summed E-state index contributed by atoms with van der Waals surface area (Å²) in [6, 6.07) is 14.5. The second-order valence-electron chi connectivity index (χ2n) is 8.85. The molecular weight excluding hydrogens is 422 g/mol. The van der Waals surface area contributed by atoms with Crippen LogP contribution in [0.25, 0.3) is 10.9 Å². The monoisotopic (exact) mass is 451 g/mol. The lowest BCUT2D eigenvalue weighted by atomic mass is 10.0. The summed E-state index contributed by atoms with van der Waals surface area (Å²) in [4.78, 5) is 40.6. The number of fused-ring (bicyclic) bond motifs is 1. The number of rotatable bonds is 8. The summed E-state index contributed by atoms with van der Waals surface area (Å²) in [7, 11) is 0. The molecule has 3 rings (SSSR count). The van der Waals surface area contributed by atoms with Crippen LogP contribution in [0, 0.1) is 0 Å². The van der Waals surface area contributed by atoms with Gasteiger partial charge in [0.2, 0.25) is 5.91 Å². The molecule has 0 aliphatic rings. The quantitative estimate of drug-likeness (QED) is 0.418. The zero-order chi connectivity index (χ0) is 24.0. The van der Waals surface area contributed by atoms with E-state index in [9.17, 15) is 19.5 Å². The van der Waals surface area contributed by atoms with Gasteiger partial charge in [0.15, 0.2) is 0 Å². The molecule has 8 nitrogen and oxygen atoms in total. The summed E-state index contributed by atoms with van der Waals surface area (Å²) in [5, 5.41) is 15.8. The van der Waals surface area contributed by atoms with Gasteiger partial charge in [-0.25, -0.2) is 9.59 Å². The average Bonchev–Trinajstić information content (AvgIpc) is 3.15. The molecule has 2 atom stereocenters. The maximum atomic E-state index is 13.2. The maximum absolute atomic E-state index is 13.2. The molecule has 0 aliphatic heterocycles. The van der Waals surface area contributed by atoms with Crippen molar-refractivity contribution in [2.45, 2.75) is 51.3 Å². The van der Waals surface area contributed by atoms with Crippen LogP contribution >= 0.6 is 0 Å². The van der Waals surface area contributed by atoms with E-state index in [2.05, 4.69) is 15.6 Å². The Labute approximate surface area is 192 Å². The van der Waals surface area contributed by atoms with E-state index >= 15 is 0 Å². The second-order valence-corrected chi connectivity index (χ2v) is 8.85. The van der Waals surface area contributed by atoms with E-state index in [4.69, 9.17) is 4.74 Å². The molecule has 0 aliphatic carbocycles. The first-order valence-corrected chi connectivity index (χ1v) is 10.7. The van der Waals surface area contributed by atoms with E-state index in [-0.39, 0.29) is 12.8 Å². The first-order chi connectivity index (χ1) is 15.6. The summed E-state index contributed by atoms with van der Waals surface area (Å²) in [6.45, 7) is 5.17. The van der Waals surface area contributed by atoms with E-state index in [0.29, 0.717) is 0 Å². The number of ether oxygens (including phenoxy) is 1. The molecule has 0 spiro atoms. The van der Waals surface area contributed by atoms with Gasteiger partial charge in [-0.2, -0.15) is 0 Å². The van der Waals surface area contributed by atoms with Crippen LogP contribution in [0.5, 0.6) is 0 Å². The standard InChI is InChI=1S/C25H29N3O5/c1-25(2,3)33-24(32)28-20(14-17-15-26-19-12-8-7-11-18(17)19)22(29)27-21(23(30)31)13-16-9-5-4-6-10-16/h4-12,15,20-21,26H,13-14H2,1-3H3,(H,27,29)(H,28,32)(H,30,31). The fraction of sp³-hybridized carbons (Fsp3) is 0.320. The van der Waals surface area contributed by atoms with Crippen molar-refractivity contribution in [2.75, 3.05) is 0 Å². The van der Waals surface area contributed by atoms with Crippen molar-refractivity contribution >= 4 is 28.9 Å². The van der Waals surface area contributed by atoms with E-state index in [1.54, 1.807) is 51.2 Å². The number of aliphatic carboxylic acids is 1. The largest absolute Gasteiger partial charge is 0.480 e. The number of amides is 2. The number of carboxylic acids is 1. The molecule has 0 saturated heterocycles. The molecule has 0 saturated carbocycles. The van der Waals surface area contributed by atoms with Crippen LogP contribution in [-0.4, -0.2) is 45.7 Å². The van der Waals surface area contributed by atoms with Gasteiger partial charge in [0.25, 0.3) is 0 Å². The minimum absolute atomic E-state index is 0.119. The van der Waals surface area contributed by atoms with Crippen molar-refractivity contribution in [1.29, 1.82) is 0 Å². The molecule has 1 aromatic heterocycles. The summed E-state index contributed by atoms with van der Waals surface area (Å²) in [5.74, 6) is -1.76. The molecule has 174 valence electrons. The van der Waals surface area contributed by atoms with Crippen molar-refractivity contribution in [1.82, 2.24) is 15.6 Å². The van der Waals surface area contributed by atoms with E-state index in [0.717, 1.165) is 22.0 Å². The van der Waals surface area contributed by atoms with E-state index < -0.39 is 35.7 Å². The Bertz CT molecular complexity index is 1120. The Balaban J connectivity index is 1.81. The SMILES string of the molecule is CC(C)(C)OC(=O)NC(Cc1c[nH]c2ccccc12)C(=O)NC(Cc1ccccc1)C(=O)O. The summed E-state index contributed by atoms with van der Waals surface area (Å²) in [5.41, 5.74) is 1.75. The molecule has 0 radical (unpaired) electrons. The predicted octanol–water partition coefficient (Wildman–Crippen LogP) is 3.42. The predicted molar refractivity (Wildman–Crippen MR) is 125 cm³/mol. The average molecular weight is 452 g/mol. The van der Waals surface area contributed by atoms with Gasteiger partial charge >= 0.3 is 12.1 Å². The first-order valence-electron chi connectivity index (χ1n) is 10.7. The Kier molecular flexibility index (Phi) is 7.37. The fourth-order valence-electron chi connectivity index (χ4n) is 3.50. The van der Waals surface area contributed by atoms with Crippen LogP contribution in [0.2, 0.25) is 0 Å². The van der Waals surface area contributed by atoms with Crippen molar-refractivity contribution < 1.29 is 24.2 Å². The highest BCUT2D eigenvalue weighted by atomic mass is 16.6. The second kappa shape index (κ2) is 10.2. The summed E-state index contributed by atoms with van der Waals surface area (Å²) < 4.78 is 5.32. The molecule has 2 amide bonds. The van der Waals surface area contributed by atoms with Gasteiger partial charge in [-0.05, 0) is 38.0 Å². The van der Waals surface area contributed by atoms with Crippen molar-refractivity contribution in [3.8, 4) is 0 Å². The van der Waals surface area contributed by atoms with Crippen LogP contribution in [-0.2, 0) is 27.2 Å². The highest BCUT2D eigenvalue weighted by Crippen LogP contribution is 2.19. The lowest BCUT2D eigenvalue weighted by Crippen LogP contribution is -2.53. The molecule has 4 N–H and O–H groups in total. The molecule has 2 unspecified atom stereocenters. The number of hydrogen-bond donors (Lipinski definition) is 4. The number of carbonyl (C=O) groups is 3. The number of nitrogens with one attached hydrogen (secondary N) is 3. The maximum Gasteiger partial charge on any atom is 0.408 e. The minimum Gasteiger partial charge on any atom is -0.480 e. The fourth-order valence-corrected chi connectivity index (χ4v) is 3.50. The van der Waals surface area contributed by atoms with Gasteiger partial charge in [-0.15, -0.1) is 0 Å². The molecular formula is C25H29N3O5. The minimum atomic E-state index is -1.16. The number of carboxylic acid groups (broad SMARTS) is 1. The molecule has 2 aromatic carbocycles. The summed E-state index contributed by atoms with van der Waals surface area (Å²) >= 11 is 0. The smallest absolute Gasteiger partial charge is 0.408 e. The number of carbonyl (C=O) groups excluding carboxylic acids is 2. The first kappa shape index (κ1) is 23.8. The van der Waals surface area contributed by atoms with Crippen LogP contribution in [0.1, 0.15) is 31.9 Å². The van der Waals surface area contributed by atoms with Gasteiger partial charge in [0.05, 0.1) is 0 Å². The number of aromatic amines is 1. The molecule has 33 heavy (non-hydrogen) atoms. The number of alkyl carbamates (subject to hydrolysis) is 1. The number of hydrogen-bond acceptors (Lipinski definition) is 4. The van der Waals surface area contributed by atoms with Gasteiger partial charge in [-0.1, -0.05) is 48.5 Å². The molecule has 0 fully saturated rings. The molecule has 1 heterocycles. The third kappa shape index (κ3) is 6.83. The normalized spacial score (nSPS) is 13.2. The van der Waals surface area contributed by atoms with E-state index in [1.807, 2.05) is 30.3 Å². The molecule has 3 aromatic rings. The van der Waals surface area contributed by atoms with Gasteiger partial charge < -0.3 is 25.5 Å². The Hall–Kier alpha value is -3.81. The van der Waals surface area contributed by atoms with Crippen molar-refractivity contribution in [2.24, 2.45) is 0 Å². The molecule has 8 heteroatoms.